The summed E-state index contributed by atoms with van der Waals surface area (Å²) >= 11 is 5.03. The predicted octanol–water partition coefficient (Wildman–Crippen LogP) is -0.967. The van der Waals surface area contributed by atoms with Gasteiger partial charge in [-0.15, -0.1) is 0 Å². The number of carboxylic acid groups (broad SMARTS) is 2. The summed E-state index contributed by atoms with van der Waals surface area (Å²) < 4.78 is 42.1. The van der Waals surface area contributed by atoms with Crippen LogP contribution in [0.5, 0.6) is 0 Å². The van der Waals surface area contributed by atoms with Gasteiger partial charge in [0.05, 0.1) is 25.9 Å². The van der Waals surface area contributed by atoms with Gasteiger partial charge in [0.1, 0.15) is 6.10 Å². The van der Waals surface area contributed by atoms with Gasteiger partial charge in [0, 0.05) is 30.9 Å². The Bertz CT molecular complexity index is 952. The van der Waals surface area contributed by atoms with Gasteiger partial charge in [-0.2, -0.15) is 24.4 Å². The Balaban J connectivity index is -0.000000396. The van der Waals surface area contributed by atoms with Crippen LogP contribution in [0.25, 0.3) is 0 Å². The van der Waals surface area contributed by atoms with E-state index in [4.69, 9.17) is 30.7 Å². The molecule has 1 heterocycles. The van der Waals surface area contributed by atoms with Crippen LogP contribution in [0.1, 0.15) is 25.7 Å². The monoisotopic (exact) mass is 928 g/mol. The number of rotatable bonds is 27. The number of ether oxygens (including phenoxy) is 3. The van der Waals surface area contributed by atoms with E-state index in [1.807, 2.05) is 0 Å². The van der Waals surface area contributed by atoms with E-state index >= 15 is 0 Å². The Kier molecular flexibility index (Phi) is 36.9. The van der Waals surface area contributed by atoms with Crippen LogP contribution in [0, 0.1) is 0 Å². The van der Waals surface area contributed by atoms with Gasteiger partial charge in [0.15, 0.2) is 33.3 Å². The molecule has 1 aliphatic rings. The van der Waals surface area contributed by atoms with Gasteiger partial charge in [0.2, 0.25) is 0 Å². The first-order chi connectivity index (χ1) is 23.5. The second-order valence-corrected chi connectivity index (χ2v) is 44.4. The minimum Gasteiger partial charge on any atom is -0.550 e. The Morgan fingerprint density at radius 3 is 1.39 bits per heavy atom. The van der Waals surface area contributed by atoms with E-state index < -0.39 is 68.4 Å². The van der Waals surface area contributed by atoms with E-state index in [2.05, 4.69) is 104 Å². The number of aliphatic hydroxyl groups excluding tert-OH is 1. The number of aliphatic hydroxyl groups is 1. The molecule has 1 rings (SSSR count). The zero-order valence-corrected chi connectivity index (χ0v) is 48.6. The SMILES string of the molecule is C[Si](C)(C)O[Si](C)(CCCOCC(O)CSCCC(=O)[O-])O[Si](C)(C)C.C[Si](C)(C)O[Si](C)(CCCOCC1CO1)O[Si](C)(C)C.O=C([O-])CCS.[Na+].[Na+]. The van der Waals surface area contributed by atoms with Gasteiger partial charge in [-0.25, -0.2) is 0 Å². The molecule has 0 saturated carbocycles. The first kappa shape index (κ1) is 63.3. The molecule has 2 unspecified atom stereocenters. The van der Waals surface area contributed by atoms with Crippen LogP contribution in [0.3, 0.4) is 0 Å². The maximum absolute atomic E-state index is 10.3. The molecule has 0 spiro atoms. The molecule has 0 radical (unpaired) electrons. The zero-order valence-electron chi connectivity index (χ0n) is 36.8. The van der Waals surface area contributed by atoms with Crippen molar-refractivity contribution in [2.75, 3.05) is 50.3 Å². The summed E-state index contributed by atoms with van der Waals surface area (Å²) in [5.74, 6) is -0.813. The van der Waals surface area contributed by atoms with Crippen LogP contribution < -0.4 is 69.3 Å². The van der Waals surface area contributed by atoms with Crippen LogP contribution >= 0.6 is 24.4 Å². The van der Waals surface area contributed by atoms with Crippen LogP contribution in [-0.4, -0.2) is 130 Å². The van der Waals surface area contributed by atoms with Crippen LogP contribution in [0.15, 0.2) is 0 Å². The summed E-state index contributed by atoms with van der Waals surface area (Å²) in [6.45, 7) is 34.2. The molecule has 0 amide bonds. The van der Waals surface area contributed by atoms with Crippen molar-refractivity contribution in [3.8, 4) is 0 Å². The third-order valence-corrected chi connectivity index (χ3v) is 26.6. The first-order valence-corrected chi connectivity index (χ1v) is 38.8. The number of carbonyl (C=O) groups excluding carboxylic acids is 2. The fraction of sp³-hybridized carbons (Fsp3) is 0.938. The van der Waals surface area contributed by atoms with Crippen molar-refractivity contribution in [1.82, 2.24) is 0 Å². The standard InChI is InChI=1S/C16H38O6SSi3.C13H32O4Si3.C3H6O2S.2Na/c1-24(2,3)21-26(7,22-25(4,5)6)12-8-10-20-13-15(17)14-23-11-9-16(18)19;1-18(2,3)16-20(7,17-19(4,5)6)10-8-9-14-11-13-12-15-13;4-3(5)1-2-6;;/h15,17H,8-14H2,1-7H3,(H,18,19);13H,8-12H2,1-7H3;6H,1-2H2,(H,4,5);;/q;;;2*+1/p-2. The minimum atomic E-state index is -2.22. The summed E-state index contributed by atoms with van der Waals surface area (Å²) in [6.07, 6.45) is 1.70. The van der Waals surface area contributed by atoms with Crippen LogP contribution in [-0.2, 0) is 40.3 Å². The normalized spacial score (nSPS) is 15.4. The second kappa shape index (κ2) is 31.5. The number of carbonyl (C=O) groups is 2. The third kappa shape index (κ3) is 47.3. The van der Waals surface area contributed by atoms with Gasteiger partial charge in [0.25, 0.3) is 0 Å². The Labute approximate surface area is 389 Å². The number of carboxylic acids is 2. The van der Waals surface area contributed by atoms with Crippen molar-refractivity contribution in [3.05, 3.63) is 0 Å². The average molecular weight is 930 g/mol. The molecule has 0 aliphatic carbocycles. The van der Waals surface area contributed by atoms with E-state index in [-0.39, 0.29) is 78.6 Å². The number of hydrogen-bond donors (Lipinski definition) is 2. The smallest absolute Gasteiger partial charge is 0.550 e. The molecule has 1 fully saturated rings. The molecule has 0 bridgehead atoms. The molecule has 22 heteroatoms. The van der Waals surface area contributed by atoms with E-state index in [9.17, 15) is 24.9 Å². The number of thioether (sulfide) groups is 1. The minimum absolute atomic E-state index is 0. The number of epoxide rings is 1. The molecule has 0 aromatic rings. The topological polar surface area (TPSA) is 168 Å². The van der Waals surface area contributed by atoms with E-state index in [0.717, 1.165) is 44.8 Å². The molecular formula is C32H74Na2O12S2Si6. The maximum Gasteiger partial charge on any atom is 1.00 e. The summed E-state index contributed by atoms with van der Waals surface area (Å²) in [5, 5.41) is 29.6. The van der Waals surface area contributed by atoms with Gasteiger partial charge in [-0.3, -0.25) is 0 Å². The average Bonchev–Trinajstić information content (AvgIpc) is 3.71. The molecule has 2 atom stereocenters. The number of thiol groups is 1. The van der Waals surface area contributed by atoms with Gasteiger partial charge in [-0.05, 0) is 141 Å². The molecule has 1 saturated heterocycles. The van der Waals surface area contributed by atoms with E-state index in [1.54, 1.807) is 0 Å². The first-order valence-electron chi connectivity index (χ1n) is 18.3. The third-order valence-electron chi connectivity index (χ3n) is 6.02. The molecular weight excluding hydrogens is 855 g/mol. The van der Waals surface area contributed by atoms with Crippen molar-refractivity contribution in [3.63, 3.8) is 0 Å². The van der Waals surface area contributed by atoms with Gasteiger partial charge >= 0.3 is 76.2 Å². The van der Waals surface area contributed by atoms with Crippen molar-refractivity contribution in [2.45, 2.75) is 142 Å². The summed E-state index contributed by atoms with van der Waals surface area (Å²) in [4.78, 5) is 19.8. The number of aliphatic carboxylic acids is 2. The largest absolute Gasteiger partial charge is 1.00 e. The Morgan fingerprint density at radius 2 is 1.09 bits per heavy atom. The van der Waals surface area contributed by atoms with Gasteiger partial charge in [-0.1, -0.05) is 0 Å². The van der Waals surface area contributed by atoms with Crippen LogP contribution in [0.2, 0.25) is 104 Å². The van der Waals surface area contributed by atoms with E-state index in [1.165, 1.54) is 11.8 Å². The molecule has 1 aliphatic heterocycles. The van der Waals surface area contributed by atoms with Crippen molar-refractivity contribution < 1.29 is 115 Å². The fourth-order valence-corrected chi connectivity index (χ4v) is 31.0. The molecule has 0 aromatic heterocycles. The number of hydrogen-bond acceptors (Lipinski definition) is 14. The van der Waals surface area contributed by atoms with Crippen molar-refractivity contribution >= 4 is 86.7 Å². The summed E-state index contributed by atoms with van der Waals surface area (Å²) in [5.41, 5.74) is 0. The predicted molar refractivity (Wildman–Crippen MR) is 228 cm³/mol. The Morgan fingerprint density at radius 1 is 0.722 bits per heavy atom. The fourth-order valence-electron chi connectivity index (χ4n) is 4.94. The summed E-state index contributed by atoms with van der Waals surface area (Å²) in [6, 6.07) is 1.91. The maximum atomic E-state index is 10.3. The molecule has 1 N–H and O–H groups in total. The molecule has 12 nitrogen and oxygen atoms in total. The van der Waals surface area contributed by atoms with Crippen LogP contribution in [0.4, 0.5) is 0 Å². The molecule has 312 valence electrons. The van der Waals surface area contributed by atoms with Gasteiger partial charge < -0.3 is 55.6 Å². The molecule has 54 heavy (non-hydrogen) atoms. The Hall–Kier alpha value is 2.62. The second-order valence-electron chi connectivity index (χ2n) is 17.1. The summed E-state index contributed by atoms with van der Waals surface area (Å²) in [7, 11) is -10.8. The van der Waals surface area contributed by atoms with Crippen molar-refractivity contribution in [2.24, 2.45) is 0 Å². The molecule has 0 aromatic carbocycles. The van der Waals surface area contributed by atoms with E-state index in [0.29, 0.717) is 30.0 Å². The van der Waals surface area contributed by atoms with Crippen molar-refractivity contribution in [1.29, 1.82) is 0 Å². The quantitative estimate of drug-likeness (QED) is 0.0448. The zero-order chi connectivity index (χ0) is 40.9.